The first kappa shape index (κ1) is 21.8. The number of likely N-dealkylation sites (tertiary alicyclic amines) is 1. The highest BCUT2D eigenvalue weighted by molar-refractivity contribution is 6.09. The molecule has 2 fully saturated rings. The van der Waals surface area contributed by atoms with Crippen LogP contribution in [0.1, 0.15) is 57.1 Å². The highest BCUT2D eigenvalue weighted by atomic mass is 16.2. The number of nitrogens with zero attached hydrogens (tertiary/aromatic N) is 2. The van der Waals surface area contributed by atoms with Crippen LogP contribution in [0.2, 0.25) is 0 Å². The van der Waals surface area contributed by atoms with E-state index in [-0.39, 0.29) is 12.5 Å². The van der Waals surface area contributed by atoms with Crippen LogP contribution in [0.25, 0.3) is 0 Å². The molecule has 1 atom stereocenters. The van der Waals surface area contributed by atoms with Gasteiger partial charge in [-0.1, -0.05) is 38.1 Å². The Balaban J connectivity index is 1.53. The molecular formula is C22H30N4O4. The van der Waals surface area contributed by atoms with E-state index in [2.05, 4.69) is 24.5 Å². The Labute approximate surface area is 177 Å². The van der Waals surface area contributed by atoms with Crippen molar-refractivity contribution in [3.63, 3.8) is 0 Å². The molecule has 0 radical (unpaired) electrons. The molecule has 162 valence electrons. The average Bonchev–Trinajstić information content (AvgIpc) is 3.21. The van der Waals surface area contributed by atoms with Gasteiger partial charge < -0.3 is 15.5 Å². The van der Waals surface area contributed by atoms with Crippen LogP contribution in [0.3, 0.4) is 0 Å². The number of carbonyl (C=O) groups is 4. The van der Waals surface area contributed by atoms with Crippen LogP contribution < -0.4 is 10.6 Å². The summed E-state index contributed by atoms with van der Waals surface area (Å²) < 4.78 is 0. The van der Waals surface area contributed by atoms with Gasteiger partial charge in [0.15, 0.2) is 0 Å². The van der Waals surface area contributed by atoms with Crippen molar-refractivity contribution in [3.05, 3.63) is 35.4 Å². The average molecular weight is 415 g/mol. The summed E-state index contributed by atoms with van der Waals surface area (Å²) in [6, 6.07) is 7.01. The summed E-state index contributed by atoms with van der Waals surface area (Å²) in [5.74, 6) is -0.320. The lowest BCUT2D eigenvalue weighted by atomic mass is 9.90. The van der Waals surface area contributed by atoms with E-state index in [0.717, 1.165) is 23.4 Å². The molecular weight excluding hydrogens is 384 g/mol. The molecule has 0 spiro atoms. The van der Waals surface area contributed by atoms with Crippen molar-refractivity contribution < 1.29 is 19.2 Å². The molecule has 0 saturated carbocycles. The van der Waals surface area contributed by atoms with Crippen molar-refractivity contribution in [2.45, 2.75) is 51.5 Å². The number of hydrogen-bond donors (Lipinski definition) is 2. The lowest BCUT2D eigenvalue weighted by Crippen LogP contribution is -2.43. The van der Waals surface area contributed by atoms with Crippen LogP contribution >= 0.6 is 0 Å². The Kier molecular flexibility index (Phi) is 6.43. The predicted octanol–water partition coefficient (Wildman–Crippen LogP) is 1.71. The number of benzene rings is 1. The minimum atomic E-state index is -1.19. The smallest absolute Gasteiger partial charge is 0.325 e. The van der Waals surface area contributed by atoms with Crippen LogP contribution in [0.15, 0.2) is 24.3 Å². The lowest BCUT2D eigenvalue weighted by molar-refractivity contribution is -0.134. The number of imide groups is 1. The monoisotopic (exact) mass is 414 g/mol. The van der Waals surface area contributed by atoms with E-state index in [9.17, 15) is 19.2 Å². The van der Waals surface area contributed by atoms with Gasteiger partial charge in [-0.3, -0.25) is 19.3 Å². The highest BCUT2D eigenvalue weighted by Gasteiger charge is 2.49. The summed E-state index contributed by atoms with van der Waals surface area (Å²) in [4.78, 5) is 51.9. The van der Waals surface area contributed by atoms with E-state index in [0.29, 0.717) is 37.4 Å². The number of carbonyl (C=O) groups excluding carboxylic acids is 4. The van der Waals surface area contributed by atoms with Crippen LogP contribution in [0, 0.1) is 0 Å². The molecule has 30 heavy (non-hydrogen) atoms. The Morgan fingerprint density at radius 3 is 2.50 bits per heavy atom. The third-order valence-electron chi connectivity index (χ3n) is 5.83. The van der Waals surface area contributed by atoms with Gasteiger partial charge in [0.1, 0.15) is 12.1 Å². The van der Waals surface area contributed by atoms with Crippen molar-refractivity contribution in [1.29, 1.82) is 0 Å². The predicted molar refractivity (Wildman–Crippen MR) is 112 cm³/mol. The normalized spacial score (nSPS) is 21.5. The maximum absolute atomic E-state index is 13.0. The zero-order valence-corrected chi connectivity index (χ0v) is 17.9. The van der Waals surface area contributed by atoms with Gasteiger partial charge in [0.2, 0.25) is 11.8 Å². The molecule has 2 N–H and O–H groups in total. The summed E-state index contributed by atoms with van der Waals surface area (Å²) >= 11 is 0. The van der Waals surface area contributed by atoms with Gasteiger partial charge in [-0.05, 0) is 36.8 Å². The molecule has 0 aliphatic carbocycles. The van der Waals surface area contributed by atoms with Crippen molar-refractivity contribution in [1.82, 2.24) is 20.4 Å². The molecule has 2 saturated heterocycles. The van der Waals surface area contributed by atoms with Gasteiger partial charge in [-0.2, -0.15) is 0 Å². The van der Waals surface area contributed by atoms with Crippen molar-refractivity contribution in [2.75, 3.05) is 26.2 Å². The number of amides is 5. The standard InChI is InChI=1S/C22H30N4O4/c1-15(2)16-7-9-17(10-8-16)22(3)20(29)26(21(30)24-22)14-18(27)23-11-5-13-25-12-4-6-19(25)28/h7-10,15H,4-6,11-14H2,1-3H3,(H,23,27)(H,24,30). The first-order chi connectivity index (χ1) is 14.2. The van der Waals surface area contributed by atoms with Crippen molar-refractivity contribution >= 4 is 23.8 Å². The van der Waals surface area contributed by atoms with E-state index in [1.54, 1.807) is 11.8 Å². The fraction of sp³-hybridized carbons (Fsp3) is 0.545. The molecule has 0 bridgehead atoms. The molecule has 1 aromatic carbocycles. The quantitative estimate of drug-likeness (QED) is 0.500. The van der Waals surface area contributed by atoms with E-state index < -0.39 is 23.4 Å². The van der Waals surface area contributed by atoms with Crippen LogP contribution in [-0.2, 0) is 19.9 Å². The van der Waals surface area contributed by atoms with E-state index in [4.69, 9.17) is 0 Å². The van der Waals surface area contributed by atoms with Crippen LogP contribution in [0.5, 0.6) is 0 Å². The molecule has 1 unspecified atom stereocenters. The third kappa shape index (κ3) is 4.47. The Bertz CT molecular complexity index is 836. The first-order valence-corrected chi connectivity index (χ1v) is 10.5. The molecule has 1 aromatic rings. The highest BCUT2D eigenvalue weighted by Crippen LogP contribution is 2.29. The van der Waals surface area contributed by atoms with Gasteiger partial charge >= 0.3 is 6.03 Å². The first-order valence-electron chi connectivity index (χ1n) is 10.5. The minimum absolute atomic E-state index is 0.154. The molecule has 3 rings (SSSR count). The van der Waals surface area contributed by atoms with Gasteiger partial charge in [-0.15, -0.1) is 0 Å². The molecule has 2 heterocycles. The van der Waals surface area contributed by atoms with Crippen LogP contribution in [0.4, 0.5) is 4.79 Å². The molecule has 5 amide bonds. The Hall–Kier alpha value is -2.90. The second-order valence-corrected chi connectivity index (χ2v) is 8.41. The fourth-order valence-corrected chi connectivity index (χ4v) is 3.88. The third-order valence-corrected chi connectivity index (χ3v) is 5.83. The summed E-state index contributed by atoms with van der Waals surface area (Å²) in [5.41, 5.74) is 0.637. The zero-order chi connectivity index (χ0) is 21.9. The topological polar surface area (TPSA) is 98.8 Å². The molecule has 8 heteroatoms. The van der Waals surface area contributed by atoms with Crippen LogP contribution in [-0.4, -0.2) is 59.7 Å². The summed E-state index contributed by atoms with van der Waals surface area (Å²) in [6.07, 6.45) is 2.12. The van der Waals surface area contributed by atoms with Gasteiger partial charge in [0.05, 0.1) is 0 Å². The van der Waals surface area contributed by atoms with Gasteiger partial charge in [0, 0.05) is 26.1 Å². The van der Waals surface area contributed by atoms with E-state index in [1.807, 2.05) is 24.3 Å². The Morgan fingerprint density at radius 2 is 1.90 bits per heavy atom. The summed E-state index contributed by atoms with van der Waals surface area (Å²) in [5, 5.41) is 5.45. The second kappa shape index (κ2) is 8.85. The minimum Gasteiger partial charge on any atom is -0.354 e. The molecule has 2 aliphatic heterocycles. The summed E-state index contributed by atoms with van der Waals surface area (Å²) in [6.45, 7) is 7.26. The SMILES string of the molecule is CC(C)c1ccc(C2(C)NC(=O)N(CC(=O)NCCCN3CCCC3=O)C2=O)cc1. The van der Waals surface area contributed by atoms with Crippen molar-refractivity contribution in [2.24, 2.45) is 0 Å². The van der Waals surface area contributed by atoms with E-state index >= 15 is 0 Å². The van der Waals surface area contributed by atoms with Gasteiger partial charge in [0.25, 0.3) is 5.91 Å². The number of hydrogen-bond acceptors (Lipinski definition) is 4. The lowest BCUT2D eigenvalue weighted by Gasteiger charge is -2.23. The largest absolute Gasteiger partial charge is 0.354 e. The number of rotatable bonds is 8. The fourth-order valence-electron chi connectivity index (χ4n) is 3.88. The van der Waals surface area contributed by atoms with Gasteiger partial charge in [-0.25, -0.2) is 4.79 Å². The maximum atomic E-state index is 13.0. The second-order valence-electron chi connectivity index (χ2n) is 8.41. The maximum Gasteiger partial charge on any atom is 0.325 e. The molecule has 8 nitrogen and oxygen atoms in total. The zero-order valence-electron chi connectivity index (χ0n) is 17.9. The van der Waals surface area contributed by atoms with E-state index in [1.165, 1.54) is 0 Å². The number of nitrogens with one attached hydrogen (secondary N) is 2. The molecule has 0 aromatic heterocycles. The van der Waals surface area contributed by atoms with Crippen molar-refractivity contribution in [3.8, 4) is 0 Å². The number of urea groups is 1. The summed E-state index contributed by atoms with van der Waals surface area (Å²) in [7, 11) is 0. The Morgan fingerprint density at radius 1 is 1.20 bits per heavy atom. The molecule has 2 aliphatic rings.